The van der Waals surface area contributed by atoms with Crippen molar-refractivity contribution < 1.29 is 9.21 Å². The Hall–Kier alpha value is -2.35. The van der Waals surface area contributed by atoms with E-state index in [0.717, 1.165) is 28.6 Å². The van der Waals surface area contributed by atoms with Gasteiger partial charge in [-0.3, -0.25) is 4.79 Å². The molecular formula is C16H12O2. The van der Waals surface area contributed by atoms with E-state index in [0.29, 0.717) is 5.56 Å². The predicted molar refractivity (Wildman–Crippen MR) is 71.8 cm³/mol. The van der Waals surface area contributed by atoms with Gasteiger partial charge in [-0.05, 0) is 19.1 Å². The molecule has 0 spiro atoms. The minimum Gasteiger partial charge on any atom is -0.456 e. The van der Waals surface area contributed by atoms with Crippen LogP contribution in [0, 0.1) is 6.92 Å². The molecule has 0 atom stereocenters. The van der Waals surface area contributed by atoms with Gasteiger partial charge in [-0.15, -0.1) is 0 Å². The fourth-order valence-corrected chi connectivity index (χ4v) is 1.98. The number of rotatable bonds is 2. The highest BCUT2D eigenvalue weighted by Crippen LogP contribution is 2.28. The molecule has 2 aromatic carbocycles. The van der Waals surface area contributed by atoms with Crippen molar-refractivity contribution in [3.05, 3.63) is 59.7 Å². The lowest BCUT2D eigenvalue weighted by atomic mass is 10.1. The third-order valence-corrected chi connectivity index (χ3v) is 3.02. The first-order valence-electron chi connectivity index (χ1n) is 5.82. The Kier molecular flexibility index (Phi) is 2.49. The molecule has 2 heteroatoms. The van der Waals surface area contributed by atoms with Crippen molar-refractivity contribution in [2.24, 2.45) is 0 Å². The molecule has 0 radical (unpaired) electrons. The van der Waals surface area contributed by atoms with E-state index < -0.39 is 0 Å². The molecule has 1 heterocycles. The van der Waals surface area contributed by atoms with Crippen LogP contribution in [-0.4, -0.2) is 6.29 Å². The molecule has 2 nitrogen and oxygen atoms in total. The summed E-state index contributed by atoms with van der Waals surface area (Å²) in [6.45, 7) is 2.05. The van der Waals surface area contributed by atoms with Gasteiger partial charge in [-0.2, -0.15) is 0 Å². The number of hydrogen-bond acceptors (Lipinski definition) is 2. The number of benzene rings is 2. The smallest absolute Gasteiger partial charge is 0.150 e. The summed E-state index contributed by atoms with van der Waals surface area (Å²) in [6.07, 6.45) is 0.827. The largest absolute Gasteiger partial charge is 0.456 e. The van der Waals surface area contributed by atoms with E-state index in [4.69, 9.17) is 4.42 Å². The van der Waals surface area contributed by atoms with Crippen LogP contribution in [0.4, 0.5) is 0 Å². The van der Waals surface area contributed by atoms with Gasteiger partial charge in [-0.25, -0.2) is 0 Å². The maximum Gasteiger partial charge on any atom is 0.150 e. The Balaban J connectivity index is 2.12. The van der Waals surface area contributed by atoms with Crippen molar-refractivity contribution in [3.63, 3.8) is 0 Å². The minimum absolute atomic E-state index is 0.632. The van der Waals surface area contributed by atoms with Crippen molar-refractivity contribution in [2.45, 2.75) is 6.92 Å². The number of carbonyl (C=O) groups is 1. The Morgan fingerprint density at radius 1 is 1.00 bits per heavy atom. The van der Waals surface area contributed by atoms with E-state index in [1.165, 1.54) is 5.56 Å². The lowest BCUT2D eigenvalue weighted by Gasteiger charge is -1.96. The fraction of sp³-hybridized carbons (Fsp3) is 0.0625. The zero-order valence-electron chi connectivity index (χ0n) is 10.0. The molecule has 3 rings (SSSR count). The Labute approximate surface area is 105 Å². The van der Waals surface area contributed by atoms with Crippen molar-refractivity contribution in [1.82, 2.24) is 0 Å². The number of aryl methyl sites for hydroxylation is 1. The standard InChI is InChI=1S/C16H12O2/c1-11-2-5-13(6-3-11)16-9-14-7-4-12(10-17)8-15(14)18-16/h2-10H,1H3. The first kappa shape index (κ1) is 10.8. The molecule has 0 saturated carbocycles. The Morgan fingerprint density at radius 3 is 2.50 bits per heavy atom. The van der Waals surface area contributed by atoms with E-state index in [1.807, 2.05) is 24.3 Å². The van der Waals surface area contributed by atoms with Crippen LogP contribution >= 0.6 is 0 Å². The zero-order valence-corrected chi connectivity index (χ0v) is 10.0. The van der Waals surface area contributed by atoms with Crippen LogP contribution in [0.2, 0.25) is 0 Å². The van der Waals surface area contributed by atoms with Crippen LogP contribution in [-0.2, 0) is 0 Å². The third-order valence-electron chi connectivity index (χ3n) is 3.02. The first-order chi connectivity index (χ1) is 8.76. The highest BCUT2D eigenvalue weighted by Gasteiger charge is 2.06. The molecular weight excluding hydrogens is 224 g/mol. The zero-order chi connectivity index (χ0) is 12.5. The van der Waals surface area contributed by atoms with Gasteiger partial charge in [-0.1, -0.05) is 42.0 Å². The Morgan fingerprint density at radius 2 is 1.78 bits per heavy atom. The summed E-state index contributed by atoms with van der Waals surface area (Å²) in [5.74, 6) is 0.827. The van der Waals surface area contributed by atoms with Crippen LogP contribution in [0.25, 0.3) is 22.3 Å². The maximum absolute atomic E-state index is 10.7. The normalized spacial score (nSPS) is 10.7. The topological polar surface area (TPSA) is 30.2 Å². The van der Waals surface area contributed by atoms with Gasteiger partial charge in [0.2, 0.25) is 0 Å². The van der Waals surface area contributed by atoms with Gasteiger partial charge in [0.15, 0.2) is 0 Å². The molecule has 88 valence electrons. The number of furan rings is 1. The molecule has 18 heavy (non-hydrogen) atoms. The molecule has 0 fully saturated rings. The average Bonchev–Trinajstić information content (AvgIpc) is 2.82. The maximum atomic E-state index is 10.7. The fourth-order valence-electron chi connectivity index (χ4n) is 1.98. The molecule has 0 aliphatic carbocycles. The number of fused-ring (bicyclic) bond motifs is 1. The summed E-state index contributed by atoms with van der Waals surface area (Å²) in [5.41, 5.74) is 3.64. The van der Waals surface area contributed by atoms with E-state index in [1.54, 1.807) is 12.1 Å². The summed E-state index contributed by atoms with van der Waals surface area (Å²) >= 11 is 0. The molecule has 0 N–H and O–H groups in total. The highest BCUT2D eigenvalue weighted by atomic mass is 16.3. The van der Waals surface area contributed by atoms with Crippen molar-refractivity contribution in [2.75, 3.05) is 0 Å². The molecule has 0 unspecified atom stereocenters. The van der Waals surface area contributed by atoms with Crippen LogP contribution < -0.4 is 0 Å². The summed E-state index contributed by atoms with van der Waals surface area (Å²) in [6, 6.07) is 15.6. The van der Waals surface area contributed by atoms with Crippen molar-refractivity contribution >= 4 is 17.3 Å². The van der Waals surface area contributed by atoms with Gasteiger partial charge in [0, 0.05) is 16.5 Å². The SMILES string of the molecule is Cc1ccc(-c2cc3ccc(C=O)cc3o2)cc1. The van der Waals surface area contributed by atoms with Crippen LogP contribution in [0.1, 0.15) is 15.9 Å². The third kappa shape index (κ3) is 1.82. The van der Waals surface area contributed by atoms with Gasteiger partial charge in [0.05, 0.1) is 0 Å². The molecule has 0 amide bonds. The van der Waals surface area contributed by atoms with Crippen LogP contribution in [0.15, 0.2) is 52.9 Å². The van der Waals surface area contributed by atoms with Crippen LogP contribution in [0.3, 0.4) is 0 Å². The summed E-state index contributed by atoms with van der Waals surface area (Å²) in [7, 11) is 0. The second kappa shape index (κ2) is 4.15. The summed E-state index contributed by atoms with van der Waals surface area (Å²) in [4.78, 5) is 10.7. The number of aldehydes is 1. The van der Waals surface area contributed by atoms with Crippen molar-refractivity contribution in [1.29, 1.82) is 0 Å². The van der Waals surface area contributed by atoms with E-state index >= 15 is 0 Å². The molecule has 3 aromatic rings. The number of hydrogen-bond donors (Lipinski definition) is 0. The molecule has 0 saturated heterocycles. The lowest BCUT2D eigenvalue weighted by Crippen LogP contribution is -1.75. The number of carbonyl (C=O) groups excluding carboxylic acids is 1. The monoisotopic (exact) mass is 236 g/mol. The molecule has 0 bridgehead atoms. The van der Waals surface area contributed by atoms with E-state index in [-0.39, 0.29) is 0 Å². The Bertz CT molecular complexity index is 706. The summed E-state index contributed by atoms with van der Waals surface area (Å²) < 4.78 is 5.78. The molecule has 0 aliphatic rings. The van der Waals surface area contributed by atoms with Gasteiger partial charge >= 0.3 is 0 Å². The quantitative estimate of drug-likeness (QED) is 0.623. The lowest BCUT2D eigenvalue weighted by molar-refractivity contribution is 0.112. The second-order valence-corrected chi connectivity index (χ2v) is 4.39. The first-order valence-corrected chi connectivity index (χ1v) is 5.82. The van der Waals surface area contributed by atoms with Crippen LogP contribution in [0.5, 0.6) is 0 Å². The van der Waals surface area contributed by atoms with Crippen molar-refractivity contribution in [3.8, 4) is 11.3 Å². The second-order valence-electron chi connectivity index (χ2n) is 4.39. The average molecular weight is 236 g/mol. The van der Waals surface area contributed by atoms with Gasteiger partial charge < -0.3 is 4.42 Å². The highest BCUT2D eigenvalue weighted by molar-refractivity contribution is 5.88. The minimum atomic E-state index is 0.632. The van der Waals surface area contributed by atoms with Gasteiger partial charge in [0.25, 0.3) is 0 Å². The van der Waals surface area contributed by atoms with E-state index in [2.05, 4.69) is 19.1 Å². The van der Waals surface area contributed by atoms with E-state index in [9.17, 15) is 4.79 Å². The summed E-state index contributed by atoms with van der Waals surface area (Å²) in [5, 5.41) is 1.01. The predicted octanol–water partition coefficient (Wildman–Crippen LogP) is 4.22. The molecule has 0 aliphatic heterocycles. The molecule has 1 aromatic heterocycles. The van der Waals surface area contributed by atoms with Gasteiger partial charge in [0.1, 0.15) is 17.6 Å².